The average Bonchev–Trinajstić information content (AvgIpc) is 2.65. The van der Waals surface area contributed by atoms with Crippen molar-refractivity contribution in [3.05, 3.63) is 52.0 Å². The summed E-state index contributed by atoms with van der Waals surface area (Å²) in [5.41, 5.74) is 3.76. The van der Waals surface area contributed by atoms with Crippen LogP contribution in [-0.4, -0.2) is 37.6 Å². The second-order valence-corrected chi connectivity index (χ2v) is 7.12. The molecule has 0 saturated heterocycles. The van der Waals surface area contributed by atoms with E-state index < -0.39 is 0 Å². The lowest BCUT2D eigenvalue weighted by atomic mass is 10.1. The Bertz CT molecular complexity index is 800. The van der Waals surface area contributed by atoms with E-state index in [0.29, 0.717) is 29.6 Å². The van der Waals surface area contributed by atoms with Gasteiger partial charge in [-0.15, -0.1) is 0 Å². The van der Waals surface area contributed by atoms with Crippen molar-refractivity contribution in [3.8, 4) is 11.5 Å². The Morgan fingerprint density at radius 3 is 2.50 bits per heavy atom. The van der Waals surface area contributed by atoms with Gasteiger partial charge in [-0.3, -0.25) is 9.69 Å². The number of carbonyl (C=O) groups is 1. The van der Waals surface area contributed by atoms with Gasteiger partial charge in [-0.05, 0) is 62.2 Å². The monoisotopic (exact) mass is 404 g/mol. The molecule has 2 aromatic rings. The maximum absolute atomic E-state index is 12.6. The predicted octanol–water partition coefficient (Wildman–Crippen LogP) is 4.82. The van der Waals surface area contributed by atoms with Crippen molar-refractivity contribution in [3.63, 3.8) is 0 Å². The summed E-state index contributed by atoms with van der Waals surface area (Å²) >= 11 is 6.30. The summed E-state index contributed by atoms with van der Waals surface area (Å²) < 4.78 is 11.0. The van der Waals surface area contributed by atoms with Crippen LogP contribution in [0.4, 0.5) is 5.69 Å². The second-order valence-electron chi connectivity index (χ2n) is 6.71. The minimum atomic E-state index is -0.0893. The van der Waals surface area contributed by atoms with Gasteiger partial charge < -0.3 is 14.8 Å². The van der Waals surface area contributed by atoms with E-state index in [4.69, 9.17) is 21.1 Å². The van der Waals surface area contributed by atoms with Gasteiger partial charge >= 0.3 is 0 Å². The molecule has 0 fully saturated rings. The van der Waals surface area contributed by atoms with Crippen molar-refractivity contribution >= 4 is 23.2 Å². The Morgan fingerprint density at radius 1 is 1.14 bits per heavy atom. The van der Waals surface area contributed by atoms with Gasteiger partial charge in [0.15, 0.2) is 11.5 Å². The Hall–Kier alpha value is -2.24. The molecule has 5 nitrogen and oxygen atoms in total. The topological polar surface area (TPSA) is 50.8 Å². The number of nitrogens with one attached hydrogen (secondary N) is 1. The van der Waals surface area contributed by atoms with Crippen LogP contribution in [0.25, 0.3) is 0 Å². The van der Waals surface area contributed by atoms with Crippen LogP contribution in [0.5, 0.6) is 11.5 Å². The van der Waals surface area contributed by atoms with E-state index in [0.717, 1.165) is 29.0 Å². The highest BCUT2D eigenvalue weighted by molar-refractivity contribution is 6.34. The molecule has 2 rings (SSSR count). The minimum absolute atomic E-state index is 0.0893. The van der Waals surface area contributed by atoms with E-state index >= 15 is 0 Å². The Balaban J connectivity index is 2.05. The molecule has 0 bridgehead atoms. The number of nitrogens with zero attached hydrogens (tertiary/aromatic N) is 1. The van der Waals surface area contributed by atoms with Gasteiger partial charge in [0, 0.05) is 6.54 Å². The van der Waals surface area contributed by atoms with Crippen LogP contribution in [0.2, 0.25) is 5.02 Å². The maximum atomic E-state index is 12.6. The lowest BCUT2D eigenvalue weighted by Crippen LogP contribution is -2.33. The molecule has 6 heteroatoms. The van der Waals surface area contributed by atoms with E-state index in [1.807, 2.05) is 58.0 Å². The van der Waals surface area contributed by atoms with Crippen LogP contribution in [0.1, 0.15) is 30.5 Å². The second kappa shape index (κ2) is 10.3. The van der Waals surface area contributed by atoms with Crippen LogP contribution in [0.3, 0.4) is 0 Å². The molecule has 0 atom stereocenters. The molecule has 0 aliphatic rings. The third-order valence-corrected chi connectivity index (χ3v) is 4.74. The van der Waals surface area contributed by atoms with Gasteiger partial charge in [-0.1, -0.05) is 30.7 Å². The van der Waals surface area contributed by atoms with Crippen LogP contribution < -0.4 is 14.8 Å². The fourth-order valence-corrected chi connectivity index (χ4v) is 3.45. The van der Waals surface area contributed by atoms with E-state index in [-0.39, 0.29) is 12.5 Å². The molecule has 0 aliphatic heterocycles. The van der Waals surface area contributed by atoms with Crippen molar-refractivity contribution in [2.45, 2.75) is 34.2 Å². The standard InChI is InChI=1S/C22H29ClN2O3/c1-6-25(13-17-8-9-19(28-7-2)20(12-17)27-5)14-21(26)24-22-16(4)10-15(3)11-18(22)23/h8-12H,6-7,13-14H2,1-5H3,(H,24,26). The predicted molar refractivity (Wildman–Crippen MR) is 115 cm³/mol. The highest BCUT2D eigenvalue weighted by Gasteiger charge is 2.14. The van der Waals surface area contributed by atoms with Crippen molar-refractivity contribution in [1.29, 1.82) is 0 Å². The van der Waals surface area contributed by atoms with Gasteiger partial charge in [0.25, 0.3) is 0 Å². The Labute approximate surface area is 172 Å². The minimum Gasteiger partial charge on any atom is -0.493 e. The number of hydrogen-bond donors (Lipinski definition) is 1. The van der Waals surface area contributed by atoms with Crippen LogP contribution in [-0.2, 0) is 11.3 Å². The van der Waals surface area contributed by atoms with E-state index in [2.05, 4.69) is 10.2 Å². The number of hydrogen-bond acceptors (Lipinski definition) is 4. The number of halogens is 1. The van der Waals surface area contributed by atoms with Gasteiger partial charge in [0.2, 0.25) is 5.91 Å². The number of likely N-dealkylation sites (N-methyl/N-ethyl adjacent to an activating group) is 1. The number of anilines is 1. The first-order chi connectivity index (χ1) is 13.4. The van der Waals surface area contributed by atoms with Crippen LogP contribution >= 0.6 is 11.6 Å². The molecular formula is C22H29ClN2O3. The molecule has 0 radical (unpaired) electrons. The first kappa shape index (κ1) is 22.1. The normalized spacial score (nSPS) is 10.8. The molecule has 1 N–H and O–H groups in total. The number of amides is 1. The maximum Gasteiger partial charge on any atom is 0.238 e. The molecule has 0 heterocycles. The highest BCUT2D eigenvalue weighted by atomic mass is 35.5. The van der Waals surface area contributed by atoms with Gasteiger partial charge in [0.05, 0.1) is 31.0 Å². The van der Waals surface area contributed by atoms with Crippen molar-refractivity contribution in [2.75, 3.05) is 32.1 Å². The summed E-state index contributed by atoms with van der Waals surface area (Å²) in [4.78, 5) is 14.6. The molecule has 2 aromatic carbocycles. The number of ether oxygens (including phenoxy) is 2. The Kier molecular flexibility index (Phi) is 8.15. The van der Waals surface area contributed by atoms with E-state index in [1.165, 1.54) is 0 Å². The summed E-state index contributed by atoms with van der Waals surface area (Å²) in [6.45, 7) is 10.1. The molecule has 152 valence electrons. The molecule has 28 heavy (non-hydrogen) atoms. The first-order valence-electron chi connectivity index (χ1n) is 9.46. The summed E-state index contributed by atoms with van der Waals surface area (Å²) in [6.07, 6.45) is 0. The Morgan fingerprint density at radius 2 is 1.89 bits per heavy atom. The van der Waals surface area contributed by atoms with Crippen molar-refractivity contribution < 1.29 is 14.3 Å². The molecule has 0 aliphatic carbocycles. The summed E-state index contributed by atoms with van der Waals surface area (Å²) in [7, 11) is 1.63. The van der Waals surface area contributed by atoms with Gasteiger partial charge in [0.1, 0.15) is 0 Å². The van der Waals surface area contributed by atoms with E-state index in [9.17, 15) is 4.79 Å². The molecule has 0 unspecified atom stereocenters. The highest BCUT2D eigenvalue weighted by Crippen LogP contribution is 2.29. The number of aryl methyl sites for hydroxylation is 2. The van der Waals surface area contributed by atoms with E-state index in [1.54, 1.807) is 7.11 Å². The van der Waals surface area contributed by atoms with Crippen molar-refractivity contribution in [1.82, 2.24) is 4.90 Å². The summed E-state index contributed by atoms with van der Waals surface area (Å²) in [5, 5.41) is 3.51. The van der Waals surface area contributed by atoms with Crippen LogP contribution in [0, 0.1) is 13.8 Å². The van der Waals surface area contributed by atoms with Crippen LogP contribution in [0.15, 0.2) is 30.3 Å². The average molecular weight is 405 g/mol. The molecule has 0 spiro atoms. The quantitative estimate of drug-likeness (QED) is 0.650. The van der Waals surface area contributed by atoms with Gasteiger partial charge in [-0.2, -0.15) is 0 Å². The lowest BCUT2D eigenvalue weighted by Gasteiger charge is -2.21. The first-order valence-corrected chi connectivity index (χ1v) is 9.84. The summed E-state index contributed by atoms with van der Waals surface area (Å²) in [6, 6.07) is 9.71. The third kappa shape index (κ3) is 5.88. The molecule has 0 aromatic heterocycles. The molecule has 1 amide bonds. The summed E-state index contributed by atoms with van der Waals surface area (Å²) in [5.74, 6) is 1.33. The number of carbonyl (C=O) groups excluding carboxylic acids is 1. The zero-order valence-corrected chi connectivity index (χ0v) is 18.0. The zero-order chi connectivity index (χ0) is 20.7. The smallest absolute Gasteiger partial charge is 0.238 e. The van der Waals surface area contributed by atoms with Crippen molar-refractivity contribution in [2.24, 2.45) is 0 Å². The molecule has 0 saturated carbocycles. The SMILES string of the molecule is CCOc1ccc(CN(CC)CC(=O)Nc2c(C)cc(C)cc2Cl)cc1OC. The fourth-order valence-electron chi connectivity index (χ4n) is 3.08. The number of benzene rings is 2. The molecular weight excluding hydrogens is 376 g/mol. The third-order valence-electron chi connectivity index (χ3n) is 4.44. The fraction of sp³-hybridized carbons (Fsp3) is 0.409. The number of methoxy groups -OCH3 is 1. The lowest BCUT2D eigenvalue weighted by molar-refractivity contribution is -0.117. The zero-order valence-electron chi connectivity index (χ0n) is 17.3. The number of rotatable bonds is 9. The van der Waals surface area contributed by atoms with Gasteiger partial charge in [-0.25, -0.2) is 0 Å². The largest absolute Gasteiger partial charge is 0.493 e.